The van der Waals surface area contributed by atoms with Crippen LogP contribution in [0.15, 0.2) is 0 Å². The standard InChI is InChI=1S/C16H34O.H2O4S/c1-5-16(12-13-17)11-7-10-15(4)9-6-8-14(2)3;1-5(2,3)4/h14-17H,5-13H2,1-4H3;(H2,1,2,3,4). The van der Waals surface area contributed by atoms with E-state index in [1.807, 2.05) is 0 Å². The minimum absolute atomic E-state index is 0.364. The minimum atomic E-state index is -4.67. The van der Waals surface area contributed by atoms with Crippen molar-refractivity contribution in [2.45, 2.75) is 79.1 Å². The van der Waals surface area contributed by atoms with Gasteiger partial charge < -0.3 is 5.11 Å². The third-order valence-electron chi connectivity index (χ3n) is 3.90. The van der Waals surface area contributed by atoms with Gasteiger partial charge in [-0.1, -0.05) is 72.6 Å². The van der Waals surface area contributed by atoms with Crippen molar-refractivity contribution in [3.63, 3.8) is 0 Å². The molecule has 3 N–H and O–H groups in total. The van der Waals surface area contributed by atoms with Crippen LogP contribution in [0.1, 0.15) is 79.1 Å². The average molecular weight is 341 g/mol. The largest absolute Gasteiger partial charge is 0.396 e. The molecule has 5 nitrogen and oxygen atoms in total. The molecule has 0 bridgehead atoms. The topological polar surface area (TPSA) is 94.8 Å². The molecule has 136 valence electrons. The van der Waals surface area contributed by atoms with Gasteiger partial charge in [-0.2, -0.15) is 8.42 Å². The molecule has 0 fully saturated rings. The molecule has 6 heteroatoms. The van der Waals surface area contributed by atoms with Crippen LogP contribution < -0.4 is 0 Å². The summed E-state index contributed by atoms with van der Waals surface area (Å²) in [5.41, 5.74) is 0. The second-order valence-electron chi connectivity index (χ2n) is 6.60. The van der Waals surface area contributed by atoms with Crippen molar-refractivity contribution >= 4 is 10.4 Å². The smallest absolute Gasteiger partial charge is 0.394 e. The molecule has 0 amide bonds. The Labute approximate surface area is 137 Å². The van der Waals surface area contributed by atoms with Crippen molar-refractivity contribution in [2.75, 3.05) is 6.61 Å². The molecule has 0 saturated heterocycles. The van der Waals surface area contributed by atoms with E-state index in [4.69, 9.17) is 22.6 Å². The van der Waals surface area contributed by atoms with Gasteiger partial charge in [0, 0.05) is 6.61 Å². The number of aliphatic hydroxyl groups excluding tert-OH is 1. The first kappa shape index (κ1) is 24.1. The van der Waals surface area contributed by atoms with E-state index in [1.54, 1.807) is 0 Å². The van der Waals surface area contributed by atoms with E-state index in [-0.39, 0.29) is 0 Å². The molecular weight excluding hydrogens is 304 g/mol. The summed E-state index contributed by atoms with van der Waals surface area (Å²) in [6.45, 7) is 9.62. The van der Waals surface area contributed by atoms with E-state index in [9.17, 15) is 0 Å². The Morgan fingerprint density at radius 2 is 1.32 bits per heavy atom. The van der Waals surface area contributed by atoms with Gasteiger partial charge in [0.15, 0.2) is 0 Å². The number of hydrogen-bond acceptors (Lipinski definition) is 3. The highest BCUT2D eigenvalue weighted by Gasteiger charge is 2.07. The second-order valence-corrected chi connectivity index (χ2v) is 7.49. The first-order chi connectivity index (χ1) is 10.1. The molecule has 0 saturated carbocycles. The molecular formula is C16H36O5S. The van der Waals surface area contributed by atoms with Crippen molar-refractivity contribution in [3.8, 4) is 0 Å². The Morgan fingerprint density at radius 3 is 1.68 bits per heavy atom. The van der Waals surface area contributed by atoms with Crippen molar-refractivity contribution in [3.05, 3.63) is 0 Å². The third-order valence-corrected chi connectivity index (χ3v) is 3.90. The zero-order valence-corrected chi connectivity index (χ0v) is 15.5. The van der Waals surface area contributed by atoms with Crippen LogP contribution in [0.4, 0.5) is 0 Å². The van der Waals surface area contributed by atoms with E-state index in [2.05, 4.69) is 27.7 Å². The third kappa shape index (κ3) is 24.8. The van der Waals surface area contributed by atoms with Gasteiger partial charge in [0.2, 0.25) is 0 Å². The normalized spacial score (nSPS) is 14.4. The molecule has 0 spiro atoms. The Hall–Kier alpha value is -0.170. The van der Waals surface area contributed by atoms with Crippen molar-refractivity contribution in [1.82, 2.24) is 0 Å². The van der Waals surface area contributed by atoms with Crippen molar-refractivity contribution in [1.29, 1.82) is 0 Å². The van der Waals surface area contributed by atoms with Crippen LogP contribution in [0.2, 0.25) is 0 Å². The molecule has 0 aromatic carbocycles. The number of rotatable bonds is 11. The molecule has 0 aromatic rings. The first-order valence-corrected chi connectivity index (χ1v) is 9.80. The fourth-order valence-electron chi connectivity index (χ4n) is 2.51. The predicted octanol–water partition coefficient (Wildman–Crippen LogP) is 4.37. The van der Waals surface area contributed by atoms with Crippen molar-refractivity contribution < 1.29 is 22.6 Å². The van der Waals surface area contributed by atoms with Gasteiger partial charge in [-0.25, -0.2) is 0 Å². The van der Waals surface area contributed by atoms with E-state index in [0.29, 0.717) is 6.61 Å². The van der Waals surface area contributed by atoms with Crippen LogP contribution in [0, 0.1) is 17.8 Å². The fraction of sp³-hybridized carbons (Fsp3) is 1.00. The molecule has 0 aliphatic heterocycles. The molecule has 22 heavy (non-hydrogen) atoms. The summed E-state index contributed by atoms with van der Waals surface area (Å²) in [6.07, 6.45) is 10.4. The van der Waals surface area contributed by atoms with Crippen LogP contribution in [0.3, 0.4) is 0 Å². The SMILES string of the molecule is CCC(CCO)CCCC(C)CCCC(C)C.O=S(=O)(O)O. The molecule has 0 aromatic heterocycles. The minimum Gasteiger partial charge on any atom is -0.396 e. The lowest BCUT2D eigenvalue weighted by Gasteiger charge is -2.16. The summed E-state index contributed by atoms with van der Waals surface area (Å²) in [5, 5.41) is 8.94. The lowest BCUT2D eigenvalue weighted by Crippen LogP contribution is -2.03. The highest BCUT2D eigenvalue weighted by atomic mass is 32.3. The Bertz CT molecular complexity index is 319. The summed E-state index contributed by atoms with van der Waals surface area (Å²) >= 11 is 0. The van der Waals surface area contributed by atoms with Gasteiger partial charge in [-0.15, -0.1) is 0 Å². The van der Waals surface area contributed by atoms with E-state index >= 15 is 0 Å². The number of hydrogen-bond donors (Lipinski definition) is 3. The van der Waals surface area contributed by atoms with Gasteiger partial charge in [0.05, 0.1) is 0 Å². The van der Waals surface area contributed by atoms with Crippen LogP contribution >= 0.6 is 0 Å². The zero-order chi connectivity index (χ0) is 17.6. The zero-order valence-electron chi connectivity index (χ0n) is 14.7. The Kier molecular flexibility index (Phi) is 15.8. The molecule has 0 aliphatic carbocycles. The monoisotopic (exact) mass is 340 g/mol. The maximum absolute atomic E-state index is 8.94. The average Bonchev–Trinajstić information content (AvgIpc) is 2.35. The van der Waals surface area contributed by atoms with Gasteiger partial charge in [0.25, 0.3) is 0 Å². The predicted molar refractivity (Wildman–Crippen MR) is 91.4 cm³/mol. The van der Waals surface area contributed by atoms with Gasteiger partial charge in [-0.3, -0.25) is 9.11 Å². The molecule has 0 aliphatic rings. The fourth-order valence-corrected chi connectivity index (χ4v) is 2.51. The van der Waals surface area contributed by atoms with Crippen LogP contribution in [0.5, 0.6) is 0 Å². The van der Waals surface area contributed by atoms with E-state index in [1.165, 1.54) is 44.9 Å². The van der Waals surface area contributed by atoms with Gasteiger partial charge >= 0.3 is 10.4 Å². The Balaban J connectivity index is 0. The van der Waals surface area contributed by atoms with Crippen LogP contribution in [-0.4, -0.2) is 29.2 Å². The second kappa shape index (κ2) is 14.4. The van der Waals surface area contributed by atoms with Crippen molar-refractivity contribution in [2.24, 2.45) is 17.8 Å². The summed E-state index contributed by atoms with van der Waals surface area (Å²) in [7, 11) is -4.67. The number of aliphatic hydroxyl groups is 1. The molecule has 0 heterocycles. The van der Waals surface area contributed by atoms with Crippen LogP contribution in [0.25, 0.3) is 0 Å². The first-order valence-electron chi connectivity index (χ1n) is 8.40. The highest BCUT2D eigenvalue weighted by molar-refractivity contribution is 7.79. The Morgan fingerprint density at radius 1 is 0.864 bits per heavy atom. The quantitative estimate of drug-likeness (QED) is 0.485. The summed E-state index contributed by atoms with van der Waals surface area (Å²) < 4.78 is 31.6. The molecule has 0 rings (SSSR count). The lowest BCUT2D eigenvalue weighted by atomic mass is 9.91. The molecule has 2 atom stereocenters. The van der Waals surface area contributed by atoms with Crippen LogP contribution in [-0.2, 0) is 10.4 Å². The molecule has 0 radical (unpaired) electrons. The van der Waals surface area contributed by atoms with Gasteiger partial charge in [0.1, 0.15) is 0 Å². The van der Waals surface area contributed by atoms with E-state index in [0.717, 1.165) is 24.2 Å². The molecule has 2 unspecified atom stereocenters. The van der Waals surface area contributed by atoms with Gasteiger partial charge in [-0.05, 0) is 24.2 Å². The highest BCUT2D eigenvalue weighted by Crippen LogP contribution is 2.21. The maximum atomic E-state index is 8.94. The maximum Gasteiger partial charge on any atom is 0.394 e. The summed E-state index contributed by atoms with van der Waals surface area (Å²) in [6, 6.07) is 0. The lowest BCUT2D eigenvalue weighted by molar-refractivity contribution is 0.245. The van der Waals surface area contributed by atoms with E-state index < -0.39 is 10.4 Å². The summed E-state index contributed by atoms with van der Waals surface area (Å²) in [5.74, 6) is 2.50. The summed E-state index contributed by atoms with van der Waals surface area (Å²) in [4.78, 5) is 0.